The van der Waals surface area contributed by atoms with Crippen molar-refractivity contribution >= 4 is 28.9 Å². The number of hydrogen-bond acceptors (Lipinski definition) is 4. The Morgan fingerprint density at radius 2 is 1.86 bits per heavy atom. The minimum absolute atomic E-state index is 0.346. The first-order chi connectivity index (χ1) is 13.4. The maximum absolute atomic E-state index is 13.1. The van der Waals surface area contributed by atoms with Gasteiger partial charge in [-0.25, -0.2) is 4.39 Å². The number of thiocarbonyl (C=S) groups is 1. The molecule has 0 saturated heterocycles. The summed E-state index contributed by atoms with van der Waals surface area (Å²) in [6, 6.07) is 10.3. The number of methoxy groups -OCH3 is 2. The number of anilines is 1. The number of ether oxygens (including phenoxy) is 2. The van der Waals surface area contributed by atoms with Gasteiger partial charge in [-0.3, -0.25) is 4.79 Å². The number of rotatable bonds is 5. The summed E-state index contributed by atoms with van der Waals surface area (Å²) in [5.74, 6) is 0.487. The maximum Gasteiger partial charge on any atom is 0.255 e. The van der Waals surface area contributed by atoms with E-state index in [0.717, 1.165) is 0 Å². The summed E-state index contributed by atoms with van der Waals surface area (Å²) in [5, 5.41) is 9.28. The number of hydrogen-bond donors (Lipinski definition) is 3. The second kappa shape index (κ2) is 8.26. The van der Waals surface area contributed by atoms with E-state index in [1.807, 2.05) is 0 Å². The van der Waals surface area contributed by atoms with Gasteiger partial charge in [-0.2, -0.15) is 0 Å². The molecule has 8 heteroatoms. The second-order valence-electron chi connectivity index (χ2n) is 6.14. The summed E-state index contributed by atoms with van der Waals surface area (Å²) in [6.45, 7) is 1.77. The fraction of sp³-hybridized carbons (Fsp3) is 0.200. The van der Waals surface area contributed by atoms with Crippen LogP contribution in [0.4, 0.5) is 10.1 Å². The van der Waals surface area contributed by atoms with Gasteiger partial charge in [0.05, 0.1) is 25.8 Å². The molecule has 0 fully saturated rings. The molecule has 3 rings (SSSR count). The summed E-state index contributed by atoms with van der Waals surface area (Å²) < 4.78 is 23.9. The predicted octanol–water partition coefficient (Wildman–Crippen LogP) is 3.27. The van der Waals surface area contributed by atoms with Gasteiger partial charge in [-0.05, 0) is 61.6 Å². The monoisotopic (exact) mass is 401 g/mol. The van der Waals surface area contributed by atoms with Gasteiger partial charge in [0.25, 0.3) is 5.91 Å². The van der Waals surface area contributed by atoms with E-state index < -0.39 is 6.04 Å². The Morgan fingerprint density at radius 3 is 2.50 bits per heavy atom. The summed E-state index contributed by atoms with van der Waals surface area (Å²) in [7, 11) is 3.12. The first kappa shape index (κ1) is 19.6. The van der Waals surface area contributed by atoms with E-state index in [-0.39, 0.29) is 11.7 Å². The van der Waals surface area contributed by atoms with Crippen molar-refractivity contribution in [2.75, 3.05) is 19.5 Å². The Hall–Kier alpha value is -3.13. The number of halogens is 1. The van der Waals surface area contributed by atoms with Crippen molar-refractivity contribution in [1.82, 2.24) is 10.6 Å². The zero-order valence-corrected chi connectivity index (χ0v) is 16.4. The molecule has 0 radical (unpaired) electrons. The lowest BCUT2D eigenvalue weighted by atomic mass is 9.94. The Balaban J connectivity index is 2.01. The first-order valence-electron chi connectivity index (χ1n) is 8.50. The van der Waals surface area contributed by atoms with Crippen LogP contribution in [0.2, 0.25) is 0 Å². The smallest absolute Gasteiger partial charge is 0.255 e. The van der Waals surface area contributed by atoms with Crippen molar-refractivity contribution in [1.29, 1.82) is 0 Å². The van der Waals surface area contributed by atoms with E-state index in [1.54, 1.807) is 39.3 Å². The molecule has 0 spiro atoms. The summed E-state index contributed by atoms with van der Waals surface area (Å²) in [5.41, 5.74) is 2.23. The van der Waals surface area contributed by atoms with Gasteiger partial charge in [-0.1, -0.05) is 0 Å². The molecule has 3 N–H and O–H groups in total. The SMILES string of the molecule is COc1ccc(OC)c([C@@H]2NC(=S)NC(C)=C2C(=O)Nc2ccc(F)cc2)c1. The Labute approximate surface area is 167 Å². The molecule has 6 nitrogen and oxygen atoms in total. The molecule has 0 bridgehead atoms. The molecule has 2 aromatic carbocycles. The van der Waals surface area contributed by atoms with Crippen molar-refractivity contribution < 1.29 is 18.7 Å². The molecule has 0 aromatic heterocycles. The van der Waals surface area contributed by atoms with Crippen LogP contribution in [0.3, 0.4) is 0 Å². The number of allylic oxidation sites excluding steroid dienone is 1. The van der Waals surface area contributed by atoms with E-state index in [1.165, 1.54) is 24.3 Å². The second-order valence-corrected chi connectivity index (χ2v) is 6.55. The fourth-order valence-corrected chi connectivity index (χ4v) is 3.30. The Kier molecular flexibility index (Phi) is 5.79. The highest BCUT2D eigenvalue weighted by Gasteiger charge is 2.32. The minimum atomic E-state index is -0.556. The molecule has 0 aliphatic carbocycles. The quantitative estimate of drug-likeness (QED) is 0.668. The average molecular weight is 401 g/mol. The van der Waals surface area contributed by atoms with Crippen molar-refractivity contribution in [2.45, 2.75) is 13.0 Å². The maximum atomic E-state index is 13.1. The standard InChI is InChI=1S/C20H20FN3O3S/c1-11-17(19(25)23-13-6-4-12(21)5-7-13)18(24-20(28)22-11)15-10-14(26-2)8-9-16(15)27-3/h4-10,18H,1-3H3,(H,23,25)(H2,22,24,28)/t18-/m0/s1. The van der Waals surface area contributed by atoms with E-state index in [4.69, 9.17) is 21.7 Å². The van der Waals surface area contributed by atoms with Gasteiger partial charge < -0.3 is 25.4 Å². The molecular formula is C20H20FN3O3S. The molecule has 1 aliphatic heterocycles. The zero-order valence-electron chi connectivity index (χ0n) is 15.6. The molecule has 146 valence electrons. The summed E-state index contributed by atoms with van der Waals surface area (Å²) >= 11 is 5.28. The van der Waals surface area contributed by atoms with E-state index in [2.05, 4.69) is 16.0 Å². The molecule has 1 amide bonds. The highest BCUT2D eigenvalue weighted by molar-refractivity contribution is 7.80. The molecule has 28 heavy (non-hydrogen) atoms. The number of carbonyl (C=O) groups excluding carboxylic acids is 1. The number of amides is 1. The number of nitrogens with one attached hydrogen (secondary N) is 3. The largest absolute Gasteiger partial charge is 0.497 e. The normalized spacial score (nSPS) is 16.1. The lowest BCUT2D eigenvalue weighted by Crippen LogP contribution is -2.45. The van der Waals surface area contributed by atoms with Crippen LogP contribution in [0.25, 0.3) is 0 Å². The van der Waals surface area contributed by atoms with Crippen molar-refractivity contribution in [3.05, 3.63) is 65.1 Å². The minimum Gasteiger partial charge on any atom is -0.497 e. The molecule has 0 saturated carbocycles. The molecule has 1 atom stereocenters. The Bertz CT molecular complexity index is 944. The third-order valence-electron chi connectivity index (χ3n) is 4.36. The van der Waals surface area contributed by atoms with Crippen molar-refractivity contribution in [3.8, 4) is 11.5 Å². The van der Waals surface area contributed by atoms with Gasteiger partial charge >= 0.3 is 0 Å². The van der Waals surface area contributed by atoms with Crippen LogP contribution in [0.5, 0.6) is 11.5 Å². The highest BCUT2D eigenvalue weighted by Crippen LogP contribution is 2.35. The van der Waals surface area contributed by atoms with Crippen LogP contribution in [0, 0.1) is 5.82 Å². The molecular weight excluding hydrogens is 381 g/mol. The highest BCUT2D eigenvalue weighted by atomic mass is 32.1. The van der Waals surface area contributed by atoms with E-state index >= 15 is 0 Å². The first-order valence-corrected chi connectivity index (χ1v) is 8.91. The van der Waals surface area contributed by atoms with Gasteiger partial charge in [0.2, 0.25) is 0 Å². The molecule has 0 unspecified atom stereocenters. The molecule has 2 aromatic rings. The van der Waals surface area contributed by atoms with Gasteiger partial charge in [0.15, 0.2) is 5.11 Å². The molecule has 1 heterocycles. The average Bonchev–Trinajstić information content (AvgIpc) is 2.68. The zero-order chi connectivity index (χ0) is 20.3. The fourth-order valence-electron chi connectivity index (χ4n) is 3.02. The summed E-state index contributed by atoms with van der Waals surface area (Å²) in [4.78, 5) is 13.0. The number of benzene rings is 2. The van der Waals surface area contributed by atoms with Crippen molar-refractivity contribution in [2.24, 2.45) is 0 Å². The third-order valence-corrected chi connectivity index (χ3v) is 4.58. The van der Waals surface area contributed by atoms with Crippen LogP contribution in [-0.2, 0) is 4.79 Å². The third kappa shape index (κ3) is 4.07. The van der Waals surface area contributed by atoms with Gasteiger partial charge in [-0.15, -0.1) is 0 Å². The van der Waals surface area contributed by atoms with Gasteiger partial charge in [0, 0.05) is 16.9 Å². The number of carbonyl (C=O) groups is 1. The van der Waals surface area contributed by atoms with Crippen LogP contribution >= 0.6 is 12.2 Å². The topological polar surface area (TPSA) is 71.6 Å². The van der Waals surface area contributed by atoms with Crippen molar-refractivity contribution in [3.63, 3.8) is 0 Å². The van der Waals surface area contributed by atoms with Crippen LogP contribution in [-0.4, -0.2) is 25.2 Å². The van der Waals surface area contributed by atoms with E-state index in [9.17, 15) is 9.18 Å². The van der Waals surface area contributed by atoms with Gasteiger partial charge in [0.1, 0.15) is 17.3 Å². The van der Waals surface area contributed by atoms with E-state index in [0.29, 0.717) is 39.1 Å². The summed E-state index contributed by atoms with van der Waals surface area (Å²) in [6.07, 6.45) is 0. The predicted molar refractivity (Wildman–Crippen MR) is 109 cm³/mol. The molecule has 1 aliphatic rings. The Morgan fingerprint density at radius 1 is 1.14 bits per heavy atom. The van der Waals surface area contributed by atoms with Crippen LogP contribution in [0.15, 0.2) is 53.7 Å². The lowest BCUT2D eigenvalue weighted by molar-refractivity contribution is -0.113. The van der Waals surface area contributed by atoms with Crippen LogP contribution < -0.4 is 25.4 Å². The van der Waals surface area contributed by atoms with Crippen LogP contribution in [0.1, 0.15) is 18.5 Å². The lowest BCUT2D eigenvalue weighted by Gasteiger charge is -2.31.